The van der Waals surface area contributed by atoms with Crippen LogP contribution in [0.25, 0.3) is 11.5 Å². The average molecular weight is 334 g/mol. The van der Waals surface area contributed by atoms with Gasteiger partial charge in [0.2, 0.25) is 12.3 Å². The molecule has 25 heavy (non-hydrogen) atoms. The highest BCUT2D eigenvalue weighted by Gasteiger charge is 2.15. The van der Waals surface area contributed by atoms with Gasteiger partial charge in [-0.25, -0.2) is 0 Å². The van der Waals surface area contributed by atoms with Gasteiger partial charge in [-0.1, -0.05) is 0 Å². The van der Waals surface area contributed by atoms with Gasteiger partial charge in [0.05, 0.1) is 11.6 Å². The number of aromatic nitrogens is 2. The van der Waals surface area contributed by atoms with Crippen LogP contribution in [0.5, 0.6) is 5.75 Å². The number of nitriles is 1. The Balaban J connectivity index is 1.60. The van der Waals surface area contributed by atoms with Gasteiger partial charge in [-0.15, -0.1) is 10.2 Å². The first-order valence-electron chi connectivity index (χ1n) is 7.50. The lowest BCUT2D eigenvalue weighted by molar-refractivity contribution is -0.122. The van der Waals surface area contributed by atoms with E-state index >= 15 is 0 Å². The molecule has 1 atom stereocenters. The van der Waals surface area contributed by atoms with Crippen molar-refractivity contribution in [2.45, 2.75) is 13.0 Å². The Hall–Kier alpha value is -3.66. The van der Waals surface area contributed by atoms with Gasteiger partial charge < -0.3 is 14.5 Å². The third-order valence-corrected chi connectivity index (χ3v) is 3.42. The molecule has 0 unspecified atom stereocenters. The summed E-state index contributed by atoms with van der Waals surface area (Å²) in [4.78, 5) is 12.2. The zero-order valence-corrected chi connectivity index (χ0v) is 13.3. The summed E-state index contributed by atoms with van der Waals surface area (Å²) in [5, 5.41) is 19.0. The smallest absolute Gasteiger partial charge is 0.265 e. The molecular formula is C18H14N4O3. The molecule has 1 amide bonds. The predicted molar refractivity (Wildman–Crippen MR) is 89.6 cm³/mol. The van der Waals surface area contributed by atoms with Crippen molar-refractivity contribution >= 4 is 11.6 Å². The first-order valence-corrected chi connectivity index (χ1v) is 7.50. The van der Waals surface area contributed by atoms with Crippen LogP contribution < -0.4 is 10.1 Å². The second kappa shape index (κ2) is 7.27. The van der Waals surface area contributed by atoms with Crippen molar-refractivity contribution in [2.75, 3.05) is 5.32 Å². The molecule has 0 radical (unpaired) electrons. The lowest BCUT2D eigenvalue weighted by Crippen LogP contribution is -2.30. The van der Waals surface area contributed by atoms with Crippen LogP contribution in [0.2, 0.25) is 0 Å². The Morgan fingerprint density at radius 3 is 2.52 bits per heavy atom. The van der Waals surface area contributed by atoms with E-state index in [0.29, 0.717) is 22.9 Å². The number of rotatable bonds is 5. The lowest BCUT2D eigenvalue weighted by Gasteiger charge is -2.15. The number of carbonyl (C=O) groups excluding carboxylic acids is 1. The van der Waals surface area contributed by atoms with Crippen LogP contribution in [-0.2, 0) is 4.79 Å². The molecule has 3 aromatic rings. The molecule has 0 saturated heterocycles. The number of ether oxygens (including phenoxy) is 1. The summed E-state index contributed by atoms with van der Waals surface area (Å²) in [5.41, 5.74) is 1.90. The minimum atomic E-state index is -0.690. The number of nitrogens with one attached hydrogen (secondary N) is 1. The third kappa shape index (κ3) is 4.00. The maximum atomic E-state index is 12.2. The van der Waals surface area contributed by atoms with Crippen LogP contribution in [0.4, 0.5) is 5.69 Å². The Labute approximate surface area is 143 Å². The van der Waals surface area contributed by atoms with Gasteiger partial charge in [0.15, 0.2) is 6.10 Å². The van der Waals surface area contributed by atoms with Crippen molar-refractivity contribution in [3.63, 3.8) is 0 Å². The molecule has 1 N–H and O–H groups in total. The second-order valence-electron chi connectivity index (χ2n) is 5.21. The van der Waals surface area contributed by atoms with E-state index in [2.05, 4.69) is 15.5 Å². The van der Waals surface area contributed by atoms with E-state index in [9.17, 15) is 4.79 Å². The number of hydrogen-bond donors (Lipinski definition) is 1. The minimum absolute atomic E-state index is 0.286. The van der Waals surface area contributed by atoms with Crippen LogP contribution in [0.1, 0.15) is 12.5 Å². The second-order valence-corrected chi connectivity index (χ2v) is 5.21. The normalized spacial score (nSPS) is 11.4. The van der Waals surface area contributed by atoms with Gasteiger partial charge in [-0.05, 0) is 55.5 Å². The monoisotopic (exact) mass is 334 g/mol. The Morgan fingerprint density at radius 1 is 1.20 bits per heavy atom. The molecule has 1 aromatic heterocycles. The summed E-state index contributed by atoms with van der Waals surface area (Å²) in [5.74, 6) is 0.676. The molecule has 124 valence electrons. The molecule has 0 aliphatic carbocycles. The van der Waals surface area contributed by atoms with E-state index < -0.39 is 6.10 Å². The van der Waals surface area contributed by atoms with Crippen molar-refractivity contribution in [3.8, 4) is 23.3 Å². The molecule has 0 bridgehead atoms. The topological polar surface area (TPSA) is 101 Å². The Bertz CT molecular complexity index is 882. The average Bonchev–Trinajstić information content (AvgIpc) is 3.17. The van der Waals surface area contributed by atoms with Crippen LogP contribution in [0.15, 0.2) is 59.3 Å². The number of hydrogen-bond acceptors (Lipinski definition) is 6. The molecule has 0 fully saturated rings. The first-order chi connectivity index (χ1) is 12.2. The van der Waals surface area contributed by atoms with E-state index in [1.165, 1.54) is 6.39 Å². The van der Waals surface area contributed by atoms with Crippen LogP contribution in [-0.4, -0.2) is 22.2 Å². The van der Waals surface area contributed by atoms with Crippen molar-refractivity contribution in [2.24, 2.45) is 0 Å². The van der Waals surface area contributed by atoms with Gasteiger partial charge >= 0.3 is 0 Å². The van der Waals surface area contributed by atoms with E-state index in [0.717, 1.165) is 5.56 Å². The summed E-state index contributed by atoms with van der Waals surface area (Å²) in [7, 11) is 0. The van der Waals surface area contributed by atoms with Gasteiger partial charge in [0, 0.05) is 11.3 Å². The van der Waals surface area contributed by atoms with Gasteiger partial charge in [0.25, 0.3) is 5.91 Å². The van der Waals surface area contributed by atoms with Crippen molar-refractivity contribution in [1.29, 1.82) is 5.26 Å². The van der Waals surface area contributed by atoms with E-state index in [1.807, 2.05) is 6.07 Å². The van der Waals surface area contributed by atoms with Crippen LogP contribution >= 0.6 is 0 Å². The molecular weight excluding hydrogens is 320 g/mol. The van der Waals surface area contributed by atoms with Crippen LogP contribution in [0.3, 0.4) is 0 Å². The van der Waals surface area contributed by atoms with E-state index in [-0.39, 0.29) is 5.91 Å². The fourth-order valence-electron chi connectivity index (χ4n) is 2.10. The Kier molecular flexibility index (Phi) is 4.72. The minimum Gasteiger partial charge on any atom is -0.481 e. The zero-order valence-electron chi connectivity index (χ0n) is 13.3. The number of nitrogens with zero attached hydrogens (tertiary/aromatic N) is 3. The third-order valence-electron chi connectivity index (χ3n) is 3.42. The molecule has 7 nitrogen and oxygen atoms in total. The van der Waals surface area contributed by atoms with Crippen LogP contribution in [0, 0.1) is 11.3 Å². The fourth-order valence-corrected chi connectivity index (χ4v) is 2.10. The summed E-state index contributed by atoms with van der Waals surface area (Å²) >= 11 is 0. The van der Waals surface area contributed by atoms with E-state index in [4.69, 9.17) is 14.4 Å². The Morgan fingerprint density at radius 2 is 1.92 bits per heavy atom. The quantitative estimate of drug-likeness (QED) is 0.769. The summed E-state index contributed by atoms with van der Waals surface area (Å²) < 4.78 is 10.7. The molecule has 0 spiro atoms. The zero-order chi connectivity index (χ0) is 17.6. The fraction of sp³-hybridized carbons (Fsp3) is 0.111. The largest absolute Gasteiger partial charge is 0.481 e. The van der Waals surface area contributed by atoms with Crippen molar-refractivity contribution in [3.05, 3.63) is 60.5 Å². The van der Waals surface area contributed by atoms with Gasteiger partial charge in [-0.2, -0.15) is 5.26 Å². The van der Waals surface area contributed by atoms with Crippen molar-refractivity contribution in [1.82, 2.24) is 10.2 Å². The maximum absolute atomic E-state index is 12.2. The summed E-state index contributed by atoms with van der Waals surface area (Å²) in [6, 6.07) is 15.6. The summed E-state index contributed by atoms with van der Waals surface area (Å²) in [6.45, 7) is 1.66. The molecule has 2 aromatic carbocycles. The molecule has 1 heterocycles. The maximum Gasteiger partial charge on any atom is 0.265 e. The van der Waals surface area contributed by atoms with Crippen molar-refractivity contribution < 1.29 is 13.9 Å². The molecule has 7 heteroatoms. The summed E-state index contributed by atoms with van der Waals surface area (Å²) in [6.07, 6.45) is 0.569. The number of benzene rings is 2. The first kappa shape index (κ1) is 16.2. The lowest BCUT2D eigenvalue weighted by atomic mass is 10.2. The number of anilines is 1. The van der Waals surface area contributed by atoms with Gasteiger partial charge in [0.1, 0.15) is 5.75 Å². The number of amides is 1. The predicted octanol–water partition coefficient (Wildman–Crippen LogP) is 3.01. The SMILES string of the molecule is C[C@H](Oc1ccc(-c2nnco2)cc1)C(=O)Nc1ccc(C#N)cc1. The highest BCUT2D eigenvalue weighted by Crippen LogP contribution is 2.21. The highest BCUT2D eigenvalue weighted by atomic mass is 16.5. The molecule has 0 aliphatic heterocycles. The highest BCUT2D eigenvalue weighted by molar-refractivity contribution is 5.94. The standard InChI is InChI=1S/C18H14N4O3/c1-12(17(23)21-15-6-2-13(10-19)3-7-15)25-16-8-4-14(5-9-16)18-22-20-11-24-18/h2-9,11-12H,1H3,(H,21,23)/t12-/m0/s1. The molecule has 3 rings (SSSR count). The molecule has 0 aliphatic rings. The molecule has 0 saturated carbocycles. The number of carbonyl (C=O) groups is 1. The van der Waals surface area contributed by atoms with E-state index in [1.54, 1.807) is 55.5 Å². The van der Waals surface area contributed by atoms with Gasteiger partial charge in [-0.3, -0.25) is 4.79 Å².